The Balaban J connectivity index is 2.03. The summed E-state index contributed by atoms with van der Waals surface area (Å²) >= 11 is 0. The summed E-state index contributed by atoms with van der Waals surface area (Å²) in [6, 6.07) is 10.8. The molecule has 1 atom stereocenters. The van der Waals surface area contributed by atoms with Crippen molar-refractivity contribution in [3.8, 4) is 16.9 Å². The fourth-order valence-electron chi connectivity index (χ4n) is 2.31. The topological polar surface area (TPSA) is 35.2 Å². The van der Waals surface area contributed by atoms with Crippen molar-refractivity contribution in [1.82, 2.24) is 0 Å². The second-order valence-corrected chi connectivity index (χ2v) is 4.69. The summed E-state index contributed by atoms with van der Waals surface area (Å²) < 4.78 is 19.1. The van der Waals surface area contributed by atoms with Crippen LogP contribution in [0.2, 0.25) is 0 Å². The lowest BCUT2D eigenvalue weighted by Gasteiger charge is -2.06. The van der Waals surface area contributed by atoms with Crippen molar-refractivity contribution in [1.29, 1.82) is 0 Å². The fourth-order valence-corrected chi connectivity index (χ4v) is 2.31. The van der Waals surface area contributed by atoms with Gasteiger partial charge in [-0.1, -0.05) is 12.1 Å². The number of hydrogen-bond donors (Lipinski definition) is 1. The summed E-state index contributed by atoms with van der Waals surface area (Å²) in [4.78, 5) is 0. The third-order valence-corrected chi connectivity index (χ3v) is 3.23. The SMILES string of the molecule is CC1Cc2cc(-c3ccc(N)c(F)c3)ccc2O1. The zero-order valence-electron chi connectivity index (χ0n) is 10.1. The first-order valence-electron chi connectivity index (χ1n) is 5.98. The highest BCUT2D eigenvalue weighted by Crippen LogP contribution is 2.33. The predicted molar refractivity (Wildman–Crippen MR) is 70.0 cm³/mol. The Bertz CT molecular complexity index is 609. The minimum atomic E-state index is -0.377. The minimum absolute atomic E-state index is 0.178. The van der Waals surface area contributed by atoms with Crippen LogP contribution in [0.1, 0.15) is 12.5 Å². The standard InChI is InChI=1S/C15H14FNO/c1-9-6-12-7-10(3-5-15(12)18-9)11-2-4-14(17)13(16)8-11/h2-5,7-9H,6,17H2,1H3. The zero-order chi connectivity index (χ0) is 12.7. The van der Waals surface area contributed by atoms with E-state index in [-0.39, 0.29) is 17.6 Å². The van der Waals surface area contributed by atoms with Gasteiger partial charge in [0.2, 0.25) is 0 Å². The smallest absolute Gasteiger partial charge is 0.146 e. The maximum absolute atomic E-state index is 13.5. The molecule has 2 aromatic carbocycles. The van der Waals surface area contributed by atoms with Crippen LogP contribution in [-0.2, 0) is 6.42 Å². The average molecular weight is 243 g/mol. The molecule has 18 heavy (non-hydrogen) atoms. The summed E-state index contributed by atoms with van der Waals surface area (Å²) in [5.74, 6) is 0.555. The lowest BCUT2D eigenvalue weighted by molar-refractivity contribution is 0.254. The van der Waals surface area contributed by atoms with E-state index in [1.807, 2.05) is 25.1 Å². The van der Waals surface area contributed by atoms with Crippen LogP contribution >= 0.6 is 0 Å². The zero-order valence-corrected chi connectivity index (χ0v) is 10.1. The average Bonchev–Trinajstić information content (AvgIpc) is 2.71. The van der Waals surface area contributed by atoms with Crippen molar-refractivity contribution in [2.45, 2.75) is 19.4 Å². The van der Waals surface area contributed by atoms with Gasteiger partial charge in [0.05, 0.1) is 5.69 Å². The largest absolute Gasteiger partial charge is 0.490 e. The molecule has 1 aliphatic heterocycles. The van der Waals surface area contributed by atoms with Gasteiger partial charge >= 0.3 is 0 Å². The second-order valence-electron chi connectivity index (χ2n) is 4.69. The van der Waals surface area contributed by atoms with Crippen LogP contribution in [0.5, 0.6) is 5.75 Å². The van der Waals surface area contributed by atoms with Crippen LogP contribution in [0.25, 0.3) is 11.1 Å². The third-order valence-electron chi connectivity index (χ3n) is 3.23. The molecular formula is C15H14FNO. The monoisotopic (exact) mass is 243 g/mol. The van der Waals surface area contributed by atoms with Gasteiger partial charge in [-0.2, -0.15) is 0 Å². The molecular weight excluding hydrogens is 229 g/mol. The van der Waals surface area contributed by atoms with Crippen molar-refractivity contribution >= 4 is 5.69 Å². The van der Waals surface area contributed by atoms with E-state index >= 15 is 0 Å². The number of benzene rings is 2. The van der Waals surface area contributed by atoms with Crippen molar-refractivity contribution < 1.29 is 9.13 Å². The number of anilines is 1. The molecule has 0 spiro atoms. The summed E-state index contributed by atoms with van der Waals surface area (Å²) in [5, 5.41) is 0. The van der Waals surface area contributed by atoms with Gasteiger partial charge in [0.15, 0.2) is 0 Å². The summed E-state index contributed by atoms with van der Waals surface area (Å²) in [5.41, 5.74) is 8.66. The quantitative estimate of drug-likeness (QED) is 0.779. The molecule has 1 aliphatic rings. The van der Waals surface area contributed by atoms with Crippen LogP contribution in [0.4, 0.5) is 10.1 Å². The molecule has 0 aliphatic carbocycles. The van der Waals surface area contributed by atoms with Gasteiger partial charge in [-0.25, -0.2) is 4.39 Å². The summed E-state index contributed by atoms with van der Waals surface area (Å²) in [7, 11) is 0. The number of rotatable bonds is 1. The lowest BCUT2D eigenvalue weighted by atomic mass is 10.0. The Morgan fingerprint density at radius 3 is 2.67 bits per heavy atom. The highest BCUT2D eigenvalue weighted by molar-refractivity contribution is 5.68. The van der Waals surface area contributed by atoms with Crippen LogP contribution in [-0.4, -0.2) is 6.10 Å². The van der Waals surface area contributed by atoms with E-state index in [1.165, 1.54) is 11.6 Å². The van der Waals surface area contributed by atoms with E-state index in [0.717, 1.165) is 23.3 Å². The van der Waals surface area contributed by atoms with E-state index in [9.17, 15) is 4.39 Å². The summed E-state index contributed by atoms with van der Waals surface area (Å²) in [6.07, 6.45) is 1.12. The first kappa shape index (κ1) is 11.1. The predicted octanol–water partition coefficient (Wildman–Crippen LogP) is 3.40. The van der Waals surface area contributed by atoms with E-state index < -0.39 is 0 Å². The van der Waals surface area contributed by atoms with Crippen molar-refractivity contribution in [2.24, 2.45) is 0 Å². The highest BCUT2D eigenvalue weighted by Gasteiger charge is 2.19. The number of fused-ring (bicyclic) bond motifs is 1. The van der Waals surface area contributed by atoms with Crippen molar-refractivity contribution in [3.63, 3.8) is 0 Å². The van der Waals surface area contributed by atoms with Crippen LogP contribution in [0.3, 0.4) is 0 Å². The maximum Gasteiger partial charge on any atom is 0.146 e. The van der Waals surface area contributed by atoms with E-state index in [0.29, 0.717) is 0 Å². The van der Waals surface area contributed by atoms with Crippen LogP contribution < -0.4 is 10.5 Å². The highest BCUT2D eigenvalue weighted by atomic mass is 19.1. The van der Waals surface area contributed by atoms with Gasteiger partial charge in [-0.3, -0.25) is 0 Å². The molecule has 2 nitrogen and oxygen atoms in total. The Kier molecular flexibility index (Phi) is 2.47. The summed E-state index contributed by atoms with van der Waals surface area (Å²) in [6.45, 7) is 2.04. The molecule has 0 aromatic heterocycles. The first-order valence-corrected chi connectivity index (χ1v) is 5.98. The third kappa shape index (κ3) is 1.82. The Morgan fingerprint density at radius 1 is 1.17 bits per heavy atom. The number of nitrogens with two attached hydrogens (primary N) is 1. The van der Waals surface area contributed by atoms with Crippen LogP contribution in [0, 0.1) is 5.82 Å². The normalized spacial score (nSPS) is 17.3. The molecule has 3 rings (SSSR count). The Labute approximate surface area is 105 Å². The van der Waals surface area contributed by atoms with Gasteiger partial charge < -0.3 is 10.5 Å². The molecule has 92 valence electrons. The van der Waals surface area contributed by atoms with Gasteiger partial charge in [0.1, 0.15) is 17.7 Å². The molecule has 2 aromatic rings. The van der Waals surface area contributed by atoms with Crippen molar-refractivity contribution in [2.75, 3.05) is 5.73 Å². The van der Waals surface area contributed by atoms with Crippen molar-refractivity contribution in [3.05, 3.63) is 47.8 Å². The van der Waals surface area contributed by atoms with Gasteiger partial charge in [0.25, 0.3) is 0 Å². The molecule has 0 saturated heterocycles. The molecule has 3 heteroatoms. The molecule has 1 unspecified atom stereocenters. The Hall–Kier alpha value is -2.03. The fraction of sp³-hybridized carbons (Fsp3) is 0.200. The van der Waals surface area contributed by atoms with E-state index in [1.54, 1.807) is 6.07 Å². The molecule has 0 amide bonds. The van der Waals surface area contributed by atoms with E-state index in [4.69, 9.17) is 10.5 Å². The second kappa shape index (κ2) is 4.02. The molecule has 1 heterocycles. The number of halogens is 1. The van der Waals surface area contributed by atoms with Gasteiger partial charge in [0, 0.05) is 6.42 Å². The van der Waals surface area contributed by atoms with Gasteiger partial charge in [-0.05, 0) is 47.9 Å². The maximum atomic E-state index is 13.5. The number of ether oxygens (including phenoxy) is 1. The van der Waals surface area contributed by atoms with Gasteiger partial charge in [-0.15, -0.1) is 0 Å². The Morgan fingerprint density at radius 2 is 1.89 bits per heavy atom. The van der Waals surface area contributed by atoms with Crippen LogP contribution in [0.15, 0.2) is 36.4 Å². The molecule has 0 saturated carbocycles. The first-order chi connectivity index (χ1) is 8.63. The van der Waals surface area contributed by atoms with E-state index in [2.05, 4.69) is 6.07 Å². The minimum Gasteiger partial charge on any atom is -0.490 e. The molecule has 0 fully saturated rings. The number of hydrogen-bond acceptors (Lipinski definition) is 2. The molecule has 2 N–H and O–H groups in total. The lowest BCUT2D eigenvalue weighted by Crippen LogP contribution is -2.05. The molecule has 0 radical (unpaired) electrons. The number of nitrogen functional groups attached to an aromatic ring is 1. The molecule has 0 bridgehead atoms.